The molecule has 0 amide bonds. The highest BCUT2D eigenvalue weighted by Gasteiger charge is 2.24. The molecule has 8 nitrogen and oxygen atoms in total. The van der Waals surface area contributed by atoms with Crippen molar-refractivity contribution in [3.63, 3.8) is 0 Å². The number of carbonyl (C=O) groups excluding carboxylic acids is 1. The van der Waals surface area contributed by atoms with Gasteiger partial charge in [0, 0.05) is 20.0 Å². The van der Waals surface area contributed by atoms with Gasteiger partial charge < -0.3 is 15.5 Å². The lowest BCUT2D eigenvalue weighted by Crippen LogP contribution is -2.30. The van der Waals surface area contributed by atoms with E-state index in [0.29, 0.717) is 11.5 Å². The van der Waals surface area contributed by atoms with Gasteiger partial charge in [0.25, 0.3) is 0 Å². The van der Waals surface area contributed by atoms with Crippen molar-refractivity contribution in [1.29, 1.82) is 0 Å². The molecule has 0 saturated carbocycles. The van der Waals surface area contributed by atoms with Gasteiger partial charge in [-0.15, -0.1) is 0 Å². The lowest BCUT2D eigenvalue weighted by molar-refractivity contribution is -0.141. The van der Waals surface area contributed by atoms with Gasteiger partial charge in [0.05, 0.1) is 0 Å². The number of amidine groups is 1. The van der Waals surface area contributed by atoms with Gasteiger partial charge in [-0.2, -0.15) is 0 Å². The van der Waals surface area contributed by atoms with E-state index in [9.17, 15) is 4.79 Å². The fourth-order valence-corrected chi connectivity index (χ4v) is 1.64. The summed E-state index contributed by atoms with van der Waals surface area (Å²) in [6.07, 6.45) is 2.09. The predicted octanol–water partition coefficient (Wildman–Crippen LogP) is -0.0277. The maximum Gasteiger partial charge on any atom is 0.332 e. The minimum absolute atomic E-state index is 0.128. The van der Waals surface area contributed by atoms with E-state index in [0.717, 1.165) is 25.9 Å². The second-order valence-corrected chi connectivity index (χ2v) is 3.69. The Morgan fingerprint density at radius 3 is 2.71 bits per heavy atom. The number of oxime groups is 1. The monoisotopic (exact) mass is 239 g/mol. The molecular formula is C9H13N5O3. The van der Waals surface area contributed by atoms with E-state index in [1.54, 1.807) is 0 Å². The van der Waals surface area contributed by atoms with Crippen molar-refractivity contribution in [2.45, 2.75) is 19.8 Å². The van der Waals surface area contributed by atoms with E-state index >= 15 is 0 Å². The molecule has 8 heteroatoms. The van der Waals surface area contributed by atoms with Crippen molar-refractivity contribution in [1.82, 2.24) is 15.2 Å². The van der Waals surface area contributed by atoms with E-state index in [1.807, 2.05) is 4.90 Å². The summed E-state index contributed by atoms with van der Waals surface area (Å²) >= 11 is 0. The van der Waals surface area contributed by atoms with Crippen molar-refractivity contribution in [3.8, 4) is 0 Å². The number of hydrogen-bond donors (Lipinski definition) is 1. The van der Waals surface area contributed by atoms with Gasteiger partial charge in [-0.1, -0.05) is 5.16 Å². The molecule has 0 atom stereocenters. The van der Waals surface area contributed by atoms with Crippen LogP contribution in [0.3, 0.4) is 0 Å². The summed E-state index contributed by atoms with van der Waals surface area (Å²) in [4.78, 5) is 17.3. The first-order valence-electron chi connectivity index (χ1n) is 5.27. The van der Waals surface area contributed by atoms with Crippen molar-refractivity contribution in [2.24, 2.45) is 5.16 Å². The summed E-state index contributed by atoms with van der Waals surface area (Å²) in [5.74, 6) is 0.0102. The van der Waals surface area contributed by atoms with Gasteiger partial charge >= 0.3 is 5.97 Å². The largest absolute Gasteiger partial charge is 0.379 e. The normalized spacial score (nSPS) is 16.3. The van der Waals surface area contributed by atoms with Crippen LogP contribution in [0.4, 0.5) is 5.82 Å². The SMILES string of the molecule is CC(=O)O/N=C(\c1nonc1N)N1CCCC1. The Labute approximate surface area is 97.3 Å². The number of aromatic nitrogens is 2. The molecule has 1 aliphatic heterocycles. The van der Waals surface area contributed by atoms with Crippen LogP contribution in [-0.2, 0) is 9.63 Å². The number of nitrogen functional groups attached to an aromatic ring is 1. The van der Waals surface area contributed by atoms with Crippen LogP contribution in [0.15, 0.2) is 9.78 Å². The quantitative estimate of drug-likeness (QED) is 0.334. The summed E-state index contributed by atoms with van der Waals surface area (Å²) in [5.41, 5.74) is 5.90. The van der Waals surface area contributed by atoms with Crippen LogP contribution < -0.4 is 5.73 Å². The van der Waals surface area contributed by atoms with Crippen LogP contribution in [0.5, 0.6) is 0 Å². The molecule has 0 aliphatic carbocycles. The van der Waals surface area contributed by atoms with Crippen molar-refractivity contribution in [2.75, 3.05) is 18.8 Å². The summed E-state index contributed by atoms with van der Waals surface area (Å²) in [6.45, 7) is 2.90. The lowest BCUT2D eigenvalue weighted by Gasteiger charge is -2.16. The first-order chi connectivity index (χ1) is 8.18. The number of rotatable bonds is 2. The fraction of sp³-hybridized carbons (Fsp3) is 0.556. The number of carbonyl (C=O) groups is 1. The second-order valence-electron chi connectivity index (χ2n) is 3.69. The Morgan fingerprint density at radius 2 is 2.18 bits per heavy atom. The van der Waals surface area contributed by atoms with E-state index in [-0.39, 0.29) is 5.82 Å². The van der Waals surface area contributed by atoms with Crippen molar-refractivity contribution in [3.05, 3.63) is 5.69 Å². The Kier molecular flexibility index (Phi) is 3.22. The maximum absolute atomic E-state index is 10.8. The molecule has 0 unspecified atom stereocenters. The smallest absolute Gasteiger partial charge is 0.332 e. The lowest BCUT2D eigenvalue weighted by atomic mass is 10.3. The van der Waals surface area contributed by atoms with Gasteiger partial charge in [-0.25, -0.2) is 9.42 Å². The third-order valence-corrected chi connectivity index (χ3v) is 2.39. The van der Waals surface area contributed by atoms with E-state index in [4.69, 9.17) is 5.73 Å². The zero-order chi connectivity index (χ0) is 12.3. The zero-order valence-electron chi connectivity index (χ0n) is 9.42. The summed E-state index contributed by atoms with van der Waals surface area (Å²) < 4.78 is 4.52. The molecular weight excluding hydrogens is 226 g/mol. The average Bonchev–Trinajstić information content (AvgIpc) is 2.91. The second kappa shape index (κ2) is 4.81. The van der Waals surface area contributed by atoms with Gasteiger partial charge in [0.2, 0.25) is 5.84 Å². The molecule has 0 radical (unpaired) electrons. The molecule has 2 rings (SSSR count). The molecule has 0 bridgehead atoms. The average molecular weight is 239 g/mol. The van der Waals surface area contributed by atoms with Crippen LogP contribution in [0, 0.1) is 0 Å². The van der Waals surface area contributed by atoms with Crippen LogP contribution in [-0.4, -0.2) is 40.1 Å². The molecule has 0 spiro atoms. The molecule has 1 aromatic heterocycles. The molecule has 2 heterocycles. The van der Waals surface area contributed by atoms with Crippen LogP contribution in [0.2, 0.25) is 0 Å². The minimum Gasteiger partial charge on any atom is -0.379 e. The van der Waals surface area contributed by atoms with Gasteiger partial charge in [-0.05, 0) is 23.2 Å². The Morgan fingerprint density at radius 1 is 1.47 bits per heavy atom. The highest BCUT2D eigenvalue weighted by atomic mass is 16.7. The molecule has 1 aliphatic rings. The van der Waals surface area contributed by atoms with E-state index in [2.05, 4.69) is 24.9 Å². The number of nitrogens with two attached hydrogens (primary N) is 1. The number of hydrogen-bond acceptors (Lipinski definition) is 7. The Bertz CT molecular complexity index is 436. The van der Waals surface area contributed by atoms with Gasteiger partial charge in [0.1, 0.15) is 0 Å². The summed E-state index contributed by atoms with van der Waals surface area (Å²) in [6, 6.07) is 0. The topological polar surface area (TPSA) is 107 Å². The number of anilines is 1. The molecule has 2 N–H and O–H groups in total. The molecule has 1 saturated heterocycles. The van der Waals surface area contributed by atoms with Gasteiger partial charge in [-0.3, -0.25) is 0 Å². The van der Waals surface area contributed by atoms with E-state index < -0.39 is 5.97 Å². The third kappa shape index (κ3) is 2.52. The zero-order valence-corrected chi connectivity index (χ0v) is 9.42. The first-order valence-corrected chi connectivity index (χ1v) is 5.27. The molecule has 17 heavy (non-hydrogen) atoms. The molecule has 0 aromatic carbocycles. The van der Waals surface area contributed by atoms with Gasteiger partial charge in [0.15, 0.2) is 11.5 Å². The summed E-state index contributed by atoms with van der Waals surface area (Å²) in [7, 11) is 0. The number of nitrogens with zero attached hydrogens (tertiary/aromatic N) is 4. The predicted molar refractivity (Wildman–Crippen MR) is 57.8 cm³/mol. The van der Waals surface area contributed by atoms with Crippen molar-refractivity contribution >= 4 is 17.6 Å². The Hall–Kier alpha value is -2.12. The Balaban J connectivity index is 2.26. The third-order valence-electron chi connectivity index (χ3n) is 2.39. The van der Waals surface area contributed by atoms with Crippen LogP contribution >= 0.6 is 0 Å². The summed E-state index contributed by atoms with van der Waals surface area (Å²) in [5, 5.41) is 10.9. The standard InChI is InChI=1S/C9H13N5O3/c1-6(15)16-13-9(14-4-2-3-5-14)7-8(10)12-17-11-7/h2-5H2,1H3,(H2,10,12)/b13-9+. The van der Waals surface area contributed by atoms with Crippen LogP contribution in [0.25, 0.3) is 0 Å². The molecule has 92 valence electrons. The number of likely N-dealkylation sites (tertiary alicyclic amines) is 1. The minimum atomic E-state index is -0.503. The molecule has 1 fully saturated rings. The van der Waals surface area contributed by atoms with E-state index in [1.165, 1.54) is 6.92 Å². The highest BCUT2D eigenvalue weighted by Crippen LogP contribution is 2.15. The maximum atomic E-state index is 10.8. The van der Waals surface area contributed by atoms with Crippen molar-refractivity contribution < 1.29 is 14.3 Å². The fourth-order valence-electron chi connectivity index (χ4n) is 1.64. The van der Waals surface area contributed by atoms with Crippen LogP contribution in [0.1, 0.15) is 25.5 Å². The first kappa shape index (κ1) is 11.4. The highest BCUT2D eigenvalue weighted by molar-refractivity contribution is 6.00. The molecule has 1 aromatic rings.